The van der Waals surface area contributed by atoms with Gasteiger partial charge in [0.25, 0.3) is 0 Å². The summed E-state index contributed by atoms with van der Waals surface area (Å²) in [6.45, 7) is 1.94. The molecule has 0 spiro atoms. The van der Waals surface area contributed by atoms with Crippen LogP contribution in [0.3, 0.4) is 0 Å². The minimum absolute atomic E-state index is 0.0308. The van der Waals surface area contributed by atoms with Crippen LogP contribution in [0.5, 0.6) is 23.0 Å². The zero-order valence-electron chi connectivity index (χ0n) is 18.9. The van der Waals surface area contributed by atoms with Gasteiger partial charge >= 0.3 is 0 Å². The summed E-state index contributed by atoms with van der Waals surface area (Å²) in [6, 6.07) is 13.4. The number of nitroso groups, excluding NO2 is 1. The monoisotopic (exact) mass is 460 g/mol. The van der Waals surface area contributed by atoms with Crippen LogP contribution < -0.4 is 14.8 Å². The van der Waals surface area contributed by atoms with E-state index in [-0.39, 0.29) is 34.5 Å². The third kappa shape index (κ3) is 5.42. The average molecular weight is 460 g/mol. The van der Waals surface area contributed by atoms with Crippen molar-refractivity contribution in [2.75, 3.05) is 19.5 Å². The van der Waals surface area contributed by atoms with Crippen LogP contribution in [0.25, 0.3) is 12.2 Å². The third-order valence-corrected chi connectivity index (χ3v) is 5.04. The first-order valence-electron chi connectivity index (χ1n) is 10.2. The Balaban J connectivity index is 1.93. The number of benzene rings is 3. The number of allylic oxidation sites excluding steroid dienone is 1. The lowest BCUT2D eigenvalue weighted by Gasteiger charge is -2.12. The van der Waals surface area contributed by atoms with Crippen LogP contribution in [-0.2, 0) is 0 Å². The van der Waals surface area contributed by atoms with E-state index in [9.17, 15) is 19.9 Å². The number of nitrogens with zero attached hydrogens (tertiary/aromatic N) is 1. The van der Waals surface area contributed by atoms with Gasteiger partial charge in [0.15, 0.2) is 23.0 Å². The Morgan fingerprint density at radius 2 is 1.68 bits per heavy atom. The number of hydrogen-bond acceptors (Lipinski definition) is 8. The molecule has 0 aliphatic heterocycles. The van der Waals surface area contributed by atoms with E-state index >= 15 is 0 Å². The summed E-state index contributed by atoms with van der Waals surface area (Å²) in [7, 11) is 2.80. The van der Waals surface area contributed by atoms with Gasteiger partial charge in [0.05, 0.1) is 19.9 Å². The Kier molecular flexibility index (Phi) is 7.66. The van der Waals surface area contributed by atoms with Gasteiger partial charge in [0.2, 0.25) is 5.75 Å². The zero-order valence-corrected chi connectivity index (χ0v) is 18.9. The number of methoxy groups -OCH3 is 2. The van der Waals surface area contributed by atoms with Crippen molar-refractivity contribution in [2.45, 2.75) is 6.92 Å². The van der Waals surface area contributed by atoms with Crippen molar-refractivity contribution in [3.63, 3.8) is 0 Å². The fraction of sp³-hybridized carbons (Fsp3) is 0.115. The number of aryl methyl sites for hydroxylation is 1. The molecule has 0 fully saturated rings. The number of ketones is 1. The molecule has 0 amide bonds. The van der Waals surface area contributed by atoms with Crippen LogP contribution in [0.1, 0.15) is 27.0 Å². The average Bonchev–Trinajstić information content (AvgIpc) is 2.84. The molecule has 0 radical (unpaired) electrons. The van der Waals surface area contributed by atoms with Gasteiger partial charge in [-0.1, -0.05) is 42.0 Å². The highest BCUT2D eigenvalue weighted by Gasteiger charge is 2.14. The van der Waals surface area contributed by atoms with Gasteiger partial charge in [-0.3, -0.25) is 4.79 Å². The predicted octanol–water partition coefficient (Wildman–Crippen LogP) is 5.80. The van der Waals surface area contributed by atoms with Crippen molar-refractivity contribution in [1.82, 2.24) is 0 Å². The maximum absolute atomic E-state index is 12.4. The quantitative estimate of drug-likeness (QED) is 0.121. The number of phenolic OH excluding ortho intramolecular Hbond substituents is 2. The van der Waals surface area contributed by atoms with Gasteiger partial charge < -0.3 is 25.0 Å². The molecule has 34 heavy (non-hydrogen) atoms. The lowest BCUT2D eigenvalue weighted by atomic mass is 10.1. The highest BCUT2D eigenvalue weighted by atomic mass is 16.5. The number of carbonyl (C=O) groups excluding carboxylic acids is 1. The molecule has 3 rings (SSSR count). The van der Waals surface area contributed by atoms with E-state index in [1.165, 1.54) is 32.6 Å². The molecule has 3 aromatic rings. The van der Waals surface area contributed by atoms with E-state index in [0.29, 0.717) is 22.4 Å². The van der Waals surface area contributed by atoms with Crippen LogP contribution in [0.15, 0.2) is 66.0 Å². The number of phenols is 2. The molecule has 0 aliphatic rings. The Morgan fingerprint density at radius 1 is 0.971 bits per heavy atom. The van der Waals surface area contributed by atoms with Crippen molar-refractivity contribution >= 4 is 29.3 Å². The number of nitrogens with one attached hydrogen (secondary N) is 1. The molecule has 0 atom stereocenters. The Bertz CT molecular complexity index is 1260. The molecule has 0 bridgehead atoms. The first-order chi connectivity index (χ1) is 16.4. The van der Waals surface area contributed by atoms with E-state index < -0.39 is 0 Å². The Labute approximate surface area is 196 Å². The normalized spacial score (nSPS) is 11.0. The fourth-order valence-electron chi connectivity index (χ4n) is 3.20. The SMILES string of the molecule is COc1cc(/C=C\c2ccc(OC)c(N=O)c2N/C=C\C(=O)c2ccc(C)cc2)cc(O)c1O. The third-order valence-electron chi connectivity index (χ3n) is 5.04. The zero-order chi connectivity index (χ0) is 24.7. The van der Waals surface area contributed by atoms with Crippen molar-refractivity contribution in [3.05, 3.63) is 88.0 Å². The molecule has 174 valence electrons. The number of rotatable bonds is 9. The Morgan fingerprint density at radius 3 is 2.32 bits per heavy atom. The molecular weight excluding hydrogens is 436 g/mol. The van der Waals surface area contributed by atoms with Gasteiger partial charge in [-0.2, -0.15) is 0 Å². The van der Waals surface area contributed by atoms with Gasteiger partial charge in [-0.05, 0) is 41.9 Å². The lowest BCUT2D eigenvalue weighted by molar-refractivity contribution is 0.104. The smallest absolute Gasteiger partial charge is 0.200 e. The van der Waals surface area contributed by atoms with Crippen LogP contribution in [0.4, 0.5) is 11.4 Å². The van der Waals surface area contributed by atoms with Crippen LogP contribution in [0.2, 0.25) is 0 Å². The minimum Gasteiger partial charge on any atom is -0.504 e. The molecule has 3 N–H and O–H groups in total. The first kappa shape index (κ1) is 24.1. The van der Waals surface area contributed by atoms with E-state index in [1.54, 1.807) is 42.5 Å². The van der Waals surface area contributed by atoms with Gasteiger partial charge in [0.1, 0.15) is 5.75 Å². The maximum Gasteiger partial charge on any atom is 0.200 e. The second-order valence-electron chi connectivity index (χ2n) is 7.30. The van der Waals surface area contributed by atoms with Gasteiger partial charge in [0, 0.05) is 23.4 Å². The van der Waals surface area contributed by atoms with E-state index in [0.717, 1.165) is 5.56 Å². The number of aromatic hydroxyl groups is 2. The van der Waals surface area contributed by atoms with E-state index in [1.807, 2.05) is 19.1 Å². The molecule has 0 aliphatic carbocycles. The highest BCUT2D eigenvalue weighted by molar-refractivity contribution is 6.04. The van der Waals surface area contributed by atoms with Gasteiger partial charge in [-0.15, -0.1) is 4.91 Å². The number of anilines is 1. The van der Waals surface area contributed by atoms with Crippen LogP contribution >= 0.6 is 0 Å². The van der Waals surface area contributed by atoms with Crippen molar-refractivity contribution in [2.24, 2.45) is 5.18 Å². The van der Waals surface area contributed by atoms with E-state index in [2.05, 4.69) is 10.5 Å². The first-order valence-corrected chi connectivity index (χ1v) is 10.2. The summed E-state index contributed by atoms with van der Waals surface area (Å²) >= 11 is 0. The summed E-state index contributed by atoms with van der Waals surface area (Å²) in [5.74, 6) is -0.528. The van der Waals surface area contributed by atoms with Crippen molar-refractivity contribution < 1.29 is 24.5 Å². The summed E-state index contributed by atoms with van der Waals surface area (Å²) in [4.78, 5) is 24.0. The second kappa shape index (κ2) is 10.8. The molecule has 3 aromatic carbocycles. The molecule has 0 unspecified atom stereocenters. The summed E-state index contributed by atoms with van der Waals surface area (Å²) in [5.41, 5.74) is 3.04. The van der Waals surface area contributed by atoms with Crippen LogP contribution in [0, 0.1) is 11.8 Å². The molecule has 0 aromatic heterocycles. The maximum atomic E-state index is 12.4. The van der Waals surface area contributed by atoms with Crippen LogP contribution in [-0.4, -0.2) is 30.2 Å². The molecule has 8 heteroatoms. The Hall–Kier alpha value is -4.59. The topological polar surface area (TPSA) is 117 Å². The minimum atomic E-state index is -0.359. The summed E-state index contributed by atoms with van der Waals surface area (Å²) < 4.78 is 10.3. The number of carbonyl (C=O) groups is 1. The van der Waals surface area contributed by atoms with Crippen molar-refractivity contribution in [1.29, 1.82) is 0 Å². The molecule has 0 saturated heterocycles. The largest absolute Gasteiger partial charge is 0.504 e. The van der Waals surface area contributed by atoms with Gasteiger partial charge in [-0.25, -0.2) is 0 Å². The summed E-state index contributed by atoms with van der Waals surface area (Å²) in [6.07, 6.45) is 6.12. The fourth-order valence-corrected chi connectivity index (χ4v) is 3.20. The highest BCUT2D eigenvalue weighted by Crippen LogP contribution is 2.40. The standard InChI is InChI=1S/C26H24N2O6/c1-16-4-7-18(8-5-16)20(29)12-13-27-24-19(10-11-22(33-2)25(24)28-32)9-6-17-14-21(30)26(31)23(15-17)34-3/h4-15,27,30-31H,1-3H3/b9-6-,13-12-. The molecule has 8 nitrogen and oxygen atoms in total. The molecular formula is C26H24N2O6. The second-order valence-corrected chi connectivity index (χ2v) is 7.30. The number of ether oxygens (including phenoxy) is 2. The number of hydrogen-bond donors (Lipinski definition) is 3. The predicted molar refractivity (Wildman–Crippen MR) is 132 cm³/mol. The van der Waals surface area contributed by atoms with E-state index in [4.69, 9.17) is 9.47 Å². The molecule has 0 saturated carbocycles. The summed E-state index contributed by atoms with van der Waals surface area (Å²) in [5, 5.41) is 25.8. The molecule has 0 heterocycles. The van der Waals surface area contributed by atoms with Crippen molar-refractivity contribution in [3.8, 4) is 23.0 Å². The lowest BCUT2D eigenvalue weighted by Crippen LogP contribution is -1.98.